The molecule has 1 aromatic carbocycles. The molecule has 0 radical (unpaired) electrons. The number of carbonyl (C=O) groups is 1. The van der Waals surface area contributed by atoms with Crippen LogP contribution in [0.15, 0.2) is 18.2 Å². The zero-order valence-corrected chi connectivity index (χ0v) is 11.3. The van der Waals surface area contributed by atoms with Crippen molar-refractivity contribution in [2.45, 2.75) is 6.42 Å². The first kappa shape index (κ1) is 15.3. The van der Waals surface area contributed by atoms with Crippen LogP contribution in [0.1, 0.15) is 6.42 Å². The highest BCUT2D eigenvalue weighted by atomic mass is 16.5. The molecule has 0 unspecified atom stereocenters. The van der Waals surface area contributed by atoms with Crippen molar-refractivity contribution in [2.24, 2.45) is 0 Å². The van der Waals surface area contributed by atoms with Gasteiger partial charge in [0, 0.05) is 13.2 Å². The number of carbonyl (C=O) groups excluding carboxylic acids is 1. The summed E-state index contributed by atoms with van der Waals surface area (Å²) in [5.41, 5.74) is 6.81. The van der Waals surface area contributed by atoms with Gasteiger partial charge in [0.25, 0.3) is 0 Å². The van der Waals surface area contributed by atoms with Gasteiger partial charge in [-0.1, -0.05) is 0 Å². The maximum Gasteiger partial charge on any atom is 0.226 e. The number of nitrogens with two attached hydrogens (primary N) is 1. The molecule has 0 atom stereocenters. The van der Waals surface area contributed by atoms with Crippen LogP contribution in [-0.4, -0.2) is 39.9 Å². The van der Waals surface area contributed by atoms with Crippen molar-refractivity contribution < 1.29 is 19.0 Å². The molecule has 1 rings (SSSR count). The number of ether oxygens (including phenoxy) is 3. The maximum absolute atomic E-state index is 11.7. The van der Waals surface area contributed by atoms with Crippen molar-refractivity contribution in [1.29, 1.82) is 0 Å². The van der Waals surface area contributed by atoms with Crippen LogP contribution in [0.2, 0.25) is 0 Å². The standard InChI is InChI=1S/C13H20N2O4/c1-17-7-8-19-6-5-13(16)15-12-9-10(18-2)3-4-11(12)14/h3-4,9H,5-8,14H2,1-2H3,(H,15,16). The normalized spacial score (nSPS) is 10.2. The Hall–Kier alpha value is -1.79. The number of hydrogen-bond acceptors (Lipinski definition) is 5. The highest BCUT2D eigenvalue weighted by Gasteiger charge is 2.06. The highest BCUT2D eigenvalue weighted by Crippen LogP contribution is 2.24. The third-order valence-corrected chi connectivity index (χ3v) is 2.44. The van der Waals surface area contributed by atoms with E-state index in [1.54, 1.807) is 32.4 Å². The molecule has 0 aromatic heterocycles. The van der Waals surface area contributed by atoms with Crippen LogP contribution in [0.5, 0.6) is 5.75 Å². The van der Waals surface area contributed by atoms with Crippen molar-refractivity contribution in [1.82, 2.24) is 0 Å². The summed E-state index contributed by atoms with van der Waals surface area (Å²) >= 11 is 0. The largest absolute Gasteiger partial charge is 0.497 e. The SMILES string of the molecule is COCCOCCC(=O)Nc1cc(OC)ccc1N. The van der Waals surface area contributed by atoms with E-state index in [1.807, 2.05) is 0 Å². The Morgan fingerprint density at radius 2 is 2.05 bits per heavy atom. The summed E-state index contributed by atoms with van der Waals surface area (Å²) in [5, 5.41) is 2.72. The first-order valence-electron chi connectivity index (χ1n) is 5.97. The minimum Gasteiger partial charge on any atom is -0.497 e. The molecule has 0 bridgehead atoms. The predicted octanol–water partition coefficient (Wildman–Crippen LogP) is 1.27. The van der Waals surface area contributed by atoms with Gasteiger partial charge in [0.05, 0.1) is 44.7 Å². The molecule has 0 aliphatic carbocycles. The van der Waals surface area contributed by atoms with Crippen molar-refractivity contribution in [3.8, 4) is 5.75 Å². The molecule has 0 aliphatic heterocycles. The van der Waals surface area contributed by atoms with Gasteiger partial charge in [-0.25, -0.2) is 0 Å². The molecule has 106 valence electrons. The molecule has 0 spiro atoms. The quantitative estimate of drug-likeness (QED) is 0.548. The van der Waals surface area contributed by atoms with E-state index in [1.165, 1.54) is 0 Å². The Morgan fingerprint density at radius 1 is 1.26 bits per heavy atom. The van der Waals surface area contributed by atoms with Crippen LogP contribution in [0.25, 0.3) is 0 Å². The number of nitrogens with one attached hydrogen (secondary N) is 1. The predicted molar refractivity (Wildman–Crippen MR) is 73.3 cm³/mol. The first-order chi connectivity index (χ1) is 9.17. The van der Waals surface area contributed by atoms with Gasteiger partial charge in [0.2, 0.25) is 5.91 Å². The van der Waals surface area contributed by atoms with Crippen molar-refractivity contribution in [3.05, 3.63) is 18.2 Å². The van der Waals surface area contributed by atoms with E-state index in [0.29, 0.717) is 36.9 Å². The molecule has 0 saturated carbocycles. The molecule has 1 aromatic rings. The fourth-order valence-electron chi connectivity index (χ4n) is 1.39. The van der Waals surface area contributed by atoms with Gasteiger partial charge in [-0.3, -0.25) is 4.79 Å². The summed E-state index contributed by atoms with van der Waals surface area (Å²) in [6, 6.07) is 5.10. The molecule has 6 heteroatoms. The van der Waals surface area contributed by atoms with Gasteiger partial charge < -0.3 is 25.3 Å². The molecule has 0 fully saturated rings. The van der Waals surface area contributed by atoms with Crippen LogP contribution in [-0.2, 0) is 14.3 Å². The smallest absolute Gasteiger partial charge is 0.226 e. The summed E-state index contributed by atoms with van der Waals surface area (Å²) < 4.78 is 15.1. The molecule has 1 amide bonds. The lowest BCUT2D eigenvalue weighted by molar-refractivity contribution is -0.117. The zero-order valence-electron chi connectivity index (χ0n) is 11.3. The number of benzene rings is 1. The first-order valence-corrected chi connectivity index (χ1v) is 5.97. The van der Waals surface area contributed by atoms with Crippen LogP contribution in [0, 0.1) is 0 Å². The summed E-state index contributed by atoms with van der Waals surface area (Å²) in [6.45, 7) is 1.34. The number of rotatable bonds is 8. The van der Waals surface area contributed by atoms with Gasteiger partial charge in [-0.15, -0.1) is 0 Å². The minimum absolute atomic E-state index is 0.155. The minimum atomic E-state index is -0.155. The second kappa shape index (κ2) is 8.34. The Labute approximate surface area is 112 Å². The van der Waals surface area contributed by atoms with Gasteiger partial charge in [0.1, 0.15) is 5.75 Å². The Balaban J connectivity index is 2.39. The lowest BCUT2D eigenvalue weighted by Gasteiger charge is -2.10. The van der Waals surface area contributed by atoms with E-state index in [-0.39, 0.29) is 12.3 Å². The molecule has 19 heavy (non-hydrogen) atoms. The highest BCUT2D eigenvalue weighted by molar-refractivity contribution is 5.94. The van der Waals surface area contributed by atoms with E-state index >= 15 is 0 Å². The second-order valence-corrected chi connectivity index (χ2v) is 3.86. The van der Waals surface area contributed by atoms with Crippen molar-refractivity contribution >= 4 is 17.3 Å². The molecule has 0 saturated heterocycles. The third kappa shape index (κ3) is 5.58. The van der Waals surface area contributed by atoms with Gasteiger partial charge in [-0.2, -0.15) is 0 Å². The Morgan fingerprint density at radius 3 is 2.74 bits per heavy atom. The number of amides is 1. The monoisotopic (exact) mass is 268 g/mol. The number of anilines is 2. The van der Waals surface area contributed by atoms with Gasteiger partial charge >= 0.3 is 0 Å². The maximum atomic E-state index is 11.7. The van der Waals surface area contributed by atoms with Crippen LogP contribution >= 0.6 is 0 Å². The Kier molecular flexibility index (Phi) is 6.70. The second-order valence-electron chi connectivity index (χ2n) is 3.86. The van der Waals surface area contributed by atoms with E-state index in [4.69, 9.17) is 19.9 Å². The molecule has 0 heterocycles. The van der Waals surface area contributed by atoms with Crippen molar-refractivity contribution in [3.63, 3.8) is 0 Å². The van der Waals surface area contributed by atoms with E-state index in [0.717, 1.165) is 0 Å². The van der Waals surface area contributed by atoms with Crippen molar-refractivity contribution in [2.75, 3.05) is 45.1 Å². The molecular weight excluding hydrogens is 248 g/mol. The van der Waals surface area contributed by atoms with Crippen LogP contribution in [0.4, 0.5) is 11.4 Å². The summed E-state index contributed by atoms with van der Waals surface area (Å²) in [4.78, 5) is 11.7. The summed E-state index contributed by atoms with van der Waals surface area (Å²) in [5.74, 6) is 0.484. The van der Waals surface area contributed by atoms with Gasteiger partial charge in [-0.05, 0) is 12.1 Å². The third-order valence-electron chi connectivity index (χ3n) is 2.44. The molecule has 6 nitrogen and oxygen atoms in total. The lowest BCUT2D eigenvalue weighted by Crippen LogP contribution is -2.16. The fourth-order valence-corrected chi connectivity index (χ4v) is 1.39. The van der Waals surface area contributed by atoms with E-state index in [9.17, 15) is 4.79 Å². The average Bonchev–Trinajstić information content (AvgIpc) is 2.41. The fraction of sp³-hybridized carbons (Fsp3) is 0.462. The number of nitrogen functional groups attached to an aromatic ring is 1. The topological polar surface area (TPSA) is 82.8 Å². The van der Waals surface area contributed by atoms with Crippen LogP contribution in [0.3, 0.4) is 0 Å². The lowest BCUT2D eigenvalue weighted by atomic mass is 10.2. The summed E-state index contributed by atoms with van der Waals surface area (Å²) in [7, 11) is 3.16. The van der Waals surface area contributed by atoms with Crippen LogP contribution < -0.4 is 15.8 Å². The molecular formula is C13H20N2O4. The summed E-state index contributed by atoms with van der Waals surface area (Å²) in [6.07, 6.45) is 0.264. The average molecular weight is 268 g/mol. The number of hydrogen-bond donors (Lipinski definition) is 2. The van der Waals surface area contributed by atoms with E-state index in [2.05, 4.69) is 5.32 Å². The molecule has 0 aliphatic rings. The van der Waals surface area contributed by atoms with Gasteiger partial charge in [0.15, 0.2) is 0 Å². The molecule has 3 N–H and O–H groups in total. The Bertz CT molecular complexity index is 410. The van der Waals surface area contributed by atoms with E-state index < -0.39 is 0 Å². The number of methoxy groups -OCH3 is 2. The zero-order chi connectivity index (χ0) is 14.1.